The molecule has 0 saturated heterocycles. The fourth-order valence-electron chi connectivity index (χ4n) is 2.94. The van der Waals surface area contributed by atoms with Crippen LogP contribution in [0.15, 0.2) is 17.5 Å². The normalized spacial score (nSPS) is 12.7. The number of thiophene rings is 1. The van der Waals surface area contributed by atoms with E-state index in [2.05, 4.69) is 36.7 Å². The molecule has 0 aliphatic rings. The first kappa shape index (κ1) is 18.7. The highest BCUT2D eigenvalue weighted by Crippen LogP contribution is 2.16. The highest BCUT2D eigenvalue weighted by atomic mass is 32.1. The zero-order chi connectivity index (χ0) is 15.2. The maximum Gasteiger partial charge on any atom is 0.0115 e. The zero-order valence-corrected chi connectivity index (χ0v) is 15.0. The molecule has 0 bridgehead atoms. The first-order valence-corrected chi connectivity index (χ1v) is 10.0. The molecule has 0 spiro atoms. The van der Waals surface area contributed by atoms with Crippen LogP contribution >= 0.6 is 11.3 Å². The summed E-state index contributed by atoms with van der Waals surface area (Å²) in [5.41, 5.74) is 0. The van der Waals surface area contributed by atoms with Crippen molar-refractivity contribution in [3.8, 4) is 0 Å². The van der Waals surface area contributed by atoms with Gasteiger partial charge in [0.25, 0.3) is 0 Å². The molecule has 0 fully saturated rings. The molecule has 1 aromatic rings. The summed E-state index contributed by atoms with van der Waals surface area (Å²) in [7, 11) is 0. The molecule has 0 radical (unpaired) electrons. The second-order valence-electron chi connectivity index (χ2n) is 6.16. The third-order valence-corrected chi connectivity index (χ3v) is 5.08. The lowest BCUT2D eigenvalue weighted by atomic mass is 10.0. The largest absolute Gasteiger partial charge is 0.314 e. The third-order valence-electron chi connectivity index (χ3n) is 4.18. The van der Waals surface area contributed by atoms with Crippen LogP contribution in [0.5, 0.6) is 0 Å². The van der Waals surface area contributed by atoms with Gasteiger partial charge in [-0.05, 0) is 30.8 Å². The summed E-state index contributed by atoms with van der Waals surface area (Å²) in [4.78, 5) is 1.52. The predicted molar refractivity (Wildman–Crippen MR) is 97.3 cm³/mol. The van der Waals surface area contributed by atoms with Crippen LogP contribution in [0.1, 0.15) is 82.9 Å². The molecule has 0 aliphatic carbocycles. The number of rotatable bonds is 14. The number of likely N-dealkylation sites (N-methyl/N-ethyl adjacent to an activating group) is 1. The van der Waals surface area contributed by atoms with Crippen molar-refractivity contribution < 1.29 is 0 Å². The van der Waals surface area contributed by atoms with Crippen LogP contribution in [0, 0.1) is 0 Å². The molecule has 0 amide bonds. The van der Waals surface area contributed by atoms with Crippen LogP contribution in [0.2, 0.25) is 0 Å². The van der Waals surface area contributed by atoms with Gasteiger partial charge < -0.3 is 5.32 Å². The summed E-state index contributed by atoms with van der Waals surface area (Å²) in [5, 5.41) is 5.84. The van der Waals surface area contributed by atoms with Crippen LogP contribution in [0.3, 0.4) is 0 Å². The summed E-state index contributed by atoms with van der Waals surface area (Å²) in [6.45, 7) is 5.60. The maximum absolute atomic E-state index is 3.65. The van der Waals surface area contributed by atoms with Crippen molar-refractivity contribution in [1.82, 2.24) is 5.32 Å². The Labute approximate surface area is 136 Å². The molecular formula is C19H35NS. The van der Waals surface area contributed by atoms with Crippen molar-refractivity contribution >= 4 is 11.3 Å². The highest BCUT2D eigenvalue weighted by molar-refractivity contribution is 7.09. The standard InChI is InChI=1S/C19H35NS/c1-3-5-6-7-8-9-10-11-12-14-18(20-4-2)17-19-15-13-16-21-19/h13,15-16,18,20H,3-12,14,17H2,1-2H3. The van der Waals surface area contributed by atoms with Crippen LogP contribution in [-0.4, -0.2) is 12.6 Å². The molecule has 0 aliphatic heterocycles. The number of unbranched alkanes of at least 4 members (excludes halogenated alkanes) is 8. The van der Waals surface area contributed by atoms with E-state index in [9.17, 15) is 0 Å². The Morgan fingerprint density at radius 3 is 2.19 bits per heavy atom. The Hall–Kier alpha value is -0.340. The summed E-state index contributed by atoms with van der Waals surface area (Å²) in [5.74, 6) is 0. The Balaban J connectivity index is 2.00. The molecule has 1 unspecified atom stereocenters. The minimum Gasteiger partial charge on any atom is -0.314 e. The molecule has 21 heavy (non-hydrogen) atoms. The fourth-order valence-corrected chi connectivity index (χ4v) is 3.72. The van der Waals surface area contributed by atoms with E-state index in [1.807, 2.05) is 11.3 Å². The SMILES string of the molecule is CCCCCCCCCCCC(Cc1cccs1)NCC. The number of nitrogens with one attached hydrogen (secondary N) is 1. The van der Waals surface area contributed by atoms with Crippen molar-refractivity contribution in [1.29, 1.82) is 0 Å². The van der Waals surface area contributed by atoms with Crippen molar-refractivity contribution in [3.05, 3.63) is 22.4 Å². The van der Waals surface area contributed by atoms with Gasteiger partial charge in [0.1, 0.15) is 0 Å². The lowest BCUT2D eigenvalue weighted by Gasteiger charge is -2.17. The minimum absolute atomic E-state index is 0.679. The van der Waals surface area contributed by atoms with Crippen LogP contribution in [-0.2, 0) is 6.42 Å². The number of hydrogen-bond acceptors (Lipinski definition) is 2. The van der Waals surface area contributed by atoms with Crippen LogP contribution < -0.4 is 5.32 Å². The summed E-state index contributed by atoms with van der Waals surface area (Å²) in [6, 6.07) is 5.12. The monoisotopic (exact) mass is 309 g/mol. The van der Waals surface area contributed by atoms with Gasteiger partial charge in [0.15, 0.2) is 0 Å². The Morgan fingerprint density at radius 1 is 0.952 bits per heavy atom. The van der Waals surface area contributed by atoms with Gasteiger partial charge in [-0.15, -0.1) is 11.3 Å². The van der Waals surface area contributed by atoms with E-state index < -0.39 is 0 Å². The summed E-state index contributed by atoms with van der Waals surface area (Å²) in [6.07, 6.45) is 15.4. The topological polar surface area (TPSA) is 12.0 Å². The van der Waals surface area contributed by atoms with E-state index >= 15 is 0 Å². The molecule has 1 aromatic heterocycles. The van der Waals surface area contributed by atoms with Crippen molar-refractivity contribution in [2.24, 2.45) is 0 Å². The van der Waals surface area contributed by atoms with Gasteiger partial charge in [0, 0.05) is 10.9 Å². The van der Waals surface area contributed by atoms with Gasteiger partial charge >= 0.3 is 0 Å². The molecule has 0 aromatic carbocycles. The van der Waals surface area contributed by atoms with Crippen LogP contribution in [0.25, 0.3) is 0 Å². The summed E-state index contributed by atoms with van der Waals surface area (Å²) < 4.78 is 0. The fraction of sp³-hybridized carbons (Fsp3) is 0.789. The second-order valence-corrected chi connectivity index (χ2v) is 7.19. The third kappa shape index (κ3) is 10.1. The van der Waals surface area contributed by atoms with E-state index in [1.165, 1.54) is 75.5 Å². The van der Waals surface area contributed by atoms with E-state index in [4.69, 9.17) is 0 Å². The Bertz CT molecular complexity index is 307. The molecule has 0 saturated carbocycles. The smallest absolute Gasteiger partial charge is 0.0115 e. The first-order valence-electron chi connectivity index (χ1n) is 9.12. The molecule has 1 atom stereocenters. The molecule has 2 heteroatoms. The van der Waals surface area contributed by atoms with Crippen molar-refractivity contribution in [2.45, 2.75) is 90.5 Å². The Morgan fingerprint density at radius 2 is 1.62 bits per heavy atom. The van der Waals surface area contributed by atoms with E-state index in [-0.39, 0.29) is 0 Å². The minimum atomic E-state index is 0.679. The molecule has 122 valence electrons. The molecule has 1 nitrogen and oxygen atoms in total. The van der Waals surface area contributed by atoms with Gasteiger partial charge in [-0.1, -0.05) is 77.7 Å². The van der Waals surface area contributed by atoms with Gasteiger partial charge in [0.05, 0.1) is 0 Å². The van der Waals surface area contributed by atoms with Crippen molar-refractivity contribution in [3.63, 3.8) is 0 Å². The van der Waals surface area contributed by atoms with Crippen LogP contribution in [0.4, 0.5) is 0 Å². The molecule has 1 rings (SSSR count). The van der Waals surface area contributed by atoms with Gasteiger partial charge in [-0.25, -0.2) is 0 Å². The maximum atomic E-state index is 3.65. The predicted octanol–water partition coefficient (Wildman–Crippen LogP) is 6.19. The Kier molecular flexibility index (Phi) is 11.9. The van der Waals surface area contributed by atoms with Crippen molar-refractivity contribution in [2.75, 3.05) is 6.54 Å². The number of hydrogen-bond donors (Lipinski definition) is 1. The summed E-state index contributed by atoms with van der Waals surface area (Å²) >= 11 is 1.89. The van der Waals surface area contributed by atoms with Gasteiger partial charge in [0.2, 0.25) is 0 Å². The van der Waals surface area contributed by atoms with E-state index in [0.717, 1.165) is 6.54 Å². The van der Waals surface area contributed by atoms with E-state index in [0.29, 0.717) is 6.04 Å². The van der Waals surface area contributed by atoms with E-state index in [1.54, 1.807) is 0 Å². The molecule has 1 N–H and O–H groups in total. The molecule has 1 heterocycles. The lowest BCUT2D eigenvalue weighted by molar-refractivity contribution is 0.460. The van der Waals surface area contributed by atoms with Gasteiger partial charge in [-0.3, -0.25) is 0 Å². The first-order chi connectivity index (χ1) is 10.4. The van der Waals surface area contributed by atoms with Gasteiger partial charge in [-0.2, -0.15) is 0 Å². The quantitative estimate of drug-likeness (QED) is 0.404. The average Bonchev–Trinajstić information content (AvgIpc) is 2.98. The second kappa shape index (κ2) is 13.3. The lowest BCUT2D eigenvalue weighted by Crippen LogP contribution is -2.30. The highest BCUT2D eigenvalue weighted by Gasteiger charge is 2.08. The average molecular weight is 310 g/mol. The molecular weight excluding hydrogens is 274 g/mol. The zero-order valence-electron chi connectivity index (χ0n) is 14.2.